The molecule has 130 valence electrons. The molecule has 0 radical (unpaired) electrons. The summed E-state index contributed by atoms with van der Waals surface area (Å²) in [4.78, 5) is -0.330. The fourth-order valence-electron chi connectivity index (χ4n) is 2.23. The number of allylic oxidation sites excluding steroid dienone is 1. The molecule has 0 spiro atoms. The van der Waals surface area contributed by atoms with E-state index in [0.717, 1.165) is 0 Å². The molecular weight excluding hydrogens is 342 g/mol. The standard InChI is InChI=1S/C18H17NO5S/c1-22-16-10-13(11-17(23-2)18(16)24-3)9-15(12-19)25(20,21)14-7-5-4-6-8-14/h4-11H,1-3H3. The van der Waals surface area contributed by atoms with E-state index in [1.54, 1.807) is 36.4 Å². The van der Waals surface area contributed by atoms with Crippen molar-refractivity contribution >= 4 is 15.9 Å². The second kappa shape index (κ2) is 7.73. The van der Waals surface area contributed by atoms with Gasteiger partial charge in [-0.25, -0.2) is 8.42 Å². The summed E-state index contributed by atoms with van der Waals surface area (Å²) in [5, 5.41) is 9.35. The molecule has 0 bridgehead atoms. The van der Waals surface area contributed by atoms with Gasteiger partial charge in [0.1, 0.15) is 11.0 Å². The monoisotopic (exact) mass is 359 g/mol. The van der Waals surface area contributed by atoms with Crippen LogP contribution in [0.25, 0.3) is 6.08 Å². The molecule has 0 aromatic heterocycles. The molecule has 0 saturated heterocycles. The van der Waals surface area contributed by atoms with E-state index in [2.05, 4.69) is 0 Å². The number of benzene rings is 2. The van der Waals surface area contributed by atoms with Gasteiger partial charge in [-0.1, -0.05) is 18.2 Å². The van der Waals surface area contributed by atoms with E-state index in [9.17, 15) is 13.7 Å². The van der Waals surface area contributed by atoms with Crippen molar-refractivity contribution in [1.29, 1.82) is 5.26 Å². The Labute approximate surface area is 146 Å². The minimum atomic E-state index is -3.92. The zero-order valence-electron chi connectivity index (χ0n) is 14.0. The lowest BCUT2D eigenvalue weighted by Crippen LogP contribution is -2.03. The summed E-state index contributed by atoms with van der Waals surface area (Å²) in [6, 6.07) is 12.7. The summed E-state index contributed by atoms with van der Waals surface area (Å²) in [6.45, 7) is 0. The molecule has 0 fully saturated rings. The number of nitriles is 1. The number of sulfone groups is 1. The summed E-state index contributed by atoms with van der Waals surface area (Å²) >= 11 is 0. The summed E-state index contributed by atoms with van der Waals surface area (Å²) < 4.78 is 40.9. The van der Waals surface area contributed by atoms with Gasteiger partial charge in [0.15, 0.2) is 11.5 Å². The first-order valence-corrected chi connectivity index (χ1v) is 8.68. The average molecular weight is 359 g/mol. The van der Waals surface area contributed by atoms with Crippen LogP contribution >= 0.6 is 0 Å². The van der Waals surface area contributed by atoms with E-state index in [1.807, 2.05) is 0 Å². The summed E-state index contributed by atoms with van der Waals surface area (Å²) in [6.07, 6.45) is 1.27. The Hall–Kier alpha value is -2.98. The Morgan fingerprint density at radius 1 is 1.00 bits per heavy atom. The van der Waals surface area contributed by atoms with Crippen molar-refractivity contribution in [3.05, 3.63) is 52.9 Å². The number of methoxy groups -OCH3 is 3. The van der Waals surface area contributed by atoms with Gasteiger partial charge in [0, 0.05) is 0 Å². The molecule has 6 nitrogen and oxygen atoms in total. The molecule has 2 aromatic carbocycles. The molecule has 2 rings (SSSR count). The number of hydrogen-bond donors (Lipinski definition) is 0. The molecule has 25 heavy (non-hydrogen) atoms. The average Bonchev–Trinajstić information content (AvgIpc) is 2.65. The van der Waals surface area contributed by atoms with Crippen LogP contribution in [-0.4, -0.2) is 29.7 Å². The summed E-state index contributed by atoms with van der Waals surface area (Å²) in [5.41, 5.74) is 0.436. The Morgan fingerprint density at radius 2 is 1.56 bits per heavy atom. The van der Waals surface area contributed by atoms with Crippen molar-refractivity contribution in [2.24, 2.45) is 0 Å². The molecule has 0 amide bonds. The van der Waals surface area contributed by atoms with Crippen LogP contribution in [0.1, 0.15) is 5.56 Å². The SMILES string of the molecule is COc1cc(C=C(C#N)S(=O)(=O)c2ccccc2)cc(OC)c1OC. The lowest BCUT2D eigenvalue weighted by molar-refractivity contribution is 0.324. The largest absolute Gasteiger partial charge is 0.493 e. The van der Waals surface area contributed by atoms with Crippen molar-refractivity contribution in [3.8, 4) is 23.3 Å². The molecule has 0 atom stereocenters. The van der Waals surface area contributed by atoms with Crippen molar-refractivity contribution < 1.29 is 22.6 Å². The predicted octanol–water partition coefficient (Wildman–Crippen LogP) is 3.05. The first-order chi connectivity index (χ1) is 12.0. The first-order valence-electron chi connectivity index (χ1n) is 7.20. The highest BCUT2D eigenvalue weighted by molar-refractivity contribution is 7.95. The first kappa shape index (κ1) is 18.4. The second-order valence-corrected chi connectivity index (χ2v) is 6.81. The van der Waals surface area contributed by atoms with E-state index < -0.39 is 9.84 Å². The Bertz CT molecular complexity index is 903. The summed E-state index contributed by atoms with van der Waals surface area (Å²) in [5.74, 6) is 1.11. The molecule has 0 unspecified atom stereocenters. The smallest absolute Gasteiger partial charge is 0.216 e. The van der Waals surface area contributed by atoms with Crippen molar-refractivity contribution in [2.75, 3.05) is 21.3 Å². The zero-order valence-corrected chi connectivity index (χ0v) is 14.8. The molecule has 7 heteroatoms. The van der Waals surface area contributed by atoms with Gasteiger partial charge in [-0.2, -0.15) is 5.26 Å². The maximum atomic E-state index is 12.6. The third-order valence-electron chi connectivity index (χ3n) is 3.44. The molecule has 0 aliphatic heterocycles. The third kappa shape index (κ3) is 3.75. The van der Waals surface area contributed by atoms with Crippen LogP contribution in [0.2, 0.25) is 0 Å². The van der Waals surface area contributed by atoms with Gasteiger partial charge in [-0.05, 0) is 35.9 Å². The minimum Gasteiger partial charge on any atom is -0.493 e. The van der Waals surface area contributed by atoms with Gasteiger partial charge in [0.05, 0.1) is 26.2 Å². The van der Waals surface area contributed by atoms with Gasteiger partial charge >= 0.3 is 0 Å². The van der Waals surface area contributed by atoms with Crippen LogP contribution < -0.4 is 14.2 Å². The lowest BCUT2D eigenvalue weighted by Gasteiger charge is -2.13. The van der Waals surface area contributed by atoms with Crippen LogP contribution in [0.4, 0.5) is 0 Å². The molecule has 2 aromatic rings. The molecule has 0 heterocycles. The highest BCUT2D eigenvalue weighted by atomic mass is 32.2. The molecule has 0 N–H and O–H groups in total. The van der Waals surface area contributed by atoms with Gasteiger partial charge < -0.3 is 14.2 Å². The number of rotatable bonds is 6. The fourth-order valence-corrected chi connectivity index (χ4v) is 3.41. The predicted molar refractivity (Wildman–Crippen MR) is 93.3 cm³/mol. The van der Waals surface area contributed by atoms with Crippen molar-refractivity contribution in [1.82, 2.24) is 0 Å². The normalized spacial score (nSPS) is 11.5. The van der Waals surface area contributed by atoms with Gasteiger partial charge in [0.2, 0.25) is 15.6 Å². The van der Waals surface area contributed by atoms with E-state index in [0.29, 0.717) is 22.8 Å². The lowest BCUT2D eigenvalue weighted by atomic mass is 10.1. The topological polar surface area (TPSA) is 85.6 Å². The Kier molecular flexibility index (Phi) is 5.67. The molecular formula is C18H17NO5S. The van der Waals surface area contributed by atoms with Crippen LogP contribution in [-0.2, 0) is 9.84 Å². The quantitative estimate of drug-likeness (QED) is 0.737. The highest BCUT2D eigenvalue weighted by Gasteiger charge is 2.21. The van der Waals surface area contributed by atoms with Gasteiger partial charge in [-0.3, -0.25) is 0 Å². The fraction of sp³-hybridized carbons (Fsp3) is 0.167. The minimum absolute atomic E-state index is 0.0511. The number of ether oxygens (including phenoxy) is 3. The maximum Gasteiger partial charge on any atom is 0.216 e. The van der Waals surface area contributed by atoms with E-state index in [4.69, 9.17) is 14.2 Å². The van der Waals surface area contributed by atoms with Crippen LogP contribution in [0.5, 0.6) is 17.2 Å². The second-order valence-electron chi connectivity index (χ2n) is 4.90. The highest BCUT2D eigenvalue weighted by Crippen LogP contribution is 2.39. The maximum absolute atomic E-state index is 12.6. The van der Waals surface area contributed by atoms with Crippen molar-refractivity contribution in [2.45, 2.75) is 4.90 Å². The van der Waals surface area contributed by atoms with E-state index in [-0.39, 0.29) is 9.80 Å². The van der Waals surface area contributed by atoms with E-state index >= 15 is 0 Å². The van der Waals surface area contributed by atoms with Crippen LogP contribution in [0, 0.1) is 11.3 Å². The van der Waals surface area contributed by atoms with Crippen LogP contribution in [0.3, 0.4) is 0 Å². The molecule has 0 saturated carbocycles. The molecule has 0 aliphatic rings. The summed E-state index contributed by atoms with van der Waals surface area (Å²) in [7, 11) is 0.462. The zero-order chi connectivity index (χ0) is 18.4. The number of hydrogen-bond acceptors (Lipinski definition) is 6. The van der Waals surface area contributed by atoms with Crippen LogP contribution in [0.15, 0.2) is 52.3 Å². The van der Waals surface area contributed by atoms with E-state index in [1.165, 1.54) is 39.5 Å². The Morgan fingerprint density at radius 3 is 2.00 bits per heavy atom. The molecule has 0 aliphatic carbocycles. The number of nitrogens with zero attached hydrogens (tertiary/aromatic N) is 1. The van der Waals surface area contributed by atoms with Gasteiger partial charge in [-0.15, -0.1) is 0 Å². The Balaban J connectivity index is 2.60. The van der Waals surface area contributed by atoms with Gasteiger partial charge in [0.25, 0.3) is 0 Å². The third-order valence-corrected chi connectivity index (χ3v) is 5.12. The van der Waals surface area contributed by atoms with Crippen molar-refractivity contribution in [3.63, 3.8) is 0 Å².